The molecule has 0 aliphatic carbocycles. The summed E-state index contributed by atoms with van der Waals surface area (Å²) in [6, 6.07) is 4.81. The zero-order valence-electron chi connectivity index (χ0n) is 10.8. The molecule has 0 radical (unpaired) electrons. The molecule has 1 heterocycles. The number of aliphatic hydroxyl groups is 1. The molecule has 1 aromatic rings. The van der Waals surface area contributed by atoms with Crippen LogP contribution in [-0.4, -0.2) is 34.8 Å². The number of urea groups is 1. The lowest BCUT2D eigenvalue weighted by Gasteiger charge is -2.21. The van der Waals surface area contributed by atoms with E-state index in [4.69, 9.17) is 23.2 Å². The summed E-state index contributed by atoms with van der Waals surface area (Å²) in [5, 5.41) is 16.6. The Labute approximate surface area is 132 Å². The highest BCUT2D eigenvalue weighted by Gasteiger charge is 2.31. The molecule has 1 aliphatic heterocycles. The van der Waals surface area contributed by atoms with Crippen molar-refractivity contribution in [1.82, 2.24) is 10.6 Å². The fourth-order valence-corrected chi connectivity index (χ4v) is 3.65. The predicted octanol–water partition coefficient (Wildman–Crippen LogP) is 2.66. The van der Waals surface area contributed by atoms with E-state index < -0.39 is 5.60 Å². The van der Waals surface area contributed by atoms with Crippen LogP contribution >= 0.6 is 35.0 Å². The molecule has 20 heavy (non-hydrogen) atoms. The van der Waals surface area contributed by atoms with E-state index in [1.165, 1.54) is 0 Å². The van der Waals surface area contributed by atoms with E-state index in [0.717, 1.165) is 11.3 Å². The van der Waals surface area contributed by atoms with Crippen LogP contribution < -0.4 is 10.6 Å². The van der Waals surface area contributed by atoms with Gasteiger partial charge < -0.3 is 15.7 Å². The Morgan fingerprint density at radius 1 is 1.40 bits per heavy atom. The molecule has 1 aliphatic rings. The Morgan fingerprint density at radius 3 is 2.85 bits per heavy atom. The number of nitrogens with one attached hydrogen (secondary N) is 2. The smallest absolute Gasteiger partial charge is 0.315 e. The van der Waals surface area contributed by atoms with Crippen molar-refractivity contribution in [1.29, 1.82) is 0 Å². The molecule has 1 atom stereocenters. The van der Waals surface area contributed by atoms with Gasteiger partial charge in [0.1, 0.15) is 0 Å². The maximum absolute atomic E-state index is 11.7. The van der Waals surface area contributed by atoms with Gasteiger partial charge in [0, 0.05) is 28.9 Å². The summed E-state index contributed by atoms with van der Waals surface area (Å²) >= 11 is 13.5. The first-order valence-corrected chi connectivity index (χ1v) is 8.15. The van der Waals surface area contributed by atoms with Crippen LogP contribution in [0.2, 0.25) is 10.0 Å². The number of rotatable bonds is 4. The van der Waals surface area contributed by atoms with Crippen LogP contribution in [0, 0.1) is 0 Å². The van der Waals surface area contributed by atoms with Crippen LogP contribution in [0.15, 0.2) is 18.2 Å². The predicted molar refractivity (Wildman–Crippen MR) is 83.6 cm³/mol. The molecule has 1 unspecified atom stereocenters. The maximum atomic E-state index is 11.7. The Balaban J connectivity index is 1.77. The number of benzene rings is 1. The molecule has 3 N–H and O–H groups in total. The fourth-order valence-electron chi connectivity index (χ4n) is 1.88. The molecule has 1 aromatic carbocycles. The average molecular weight is 335 g/mol. The van der Waals surface area contributed by atoms with Gasteiger partial charge in [-0.05, 0) is 29.9 Å². The zero-order chi connectivity index (χ0) is 14.6. The highest BCUT2D eigenvalue weighted by Crippen LogP contribution is 2.26. The van der Waals surface area contributed by atoms with Crippen molar-refractivity contribution in [2.75, 3.05) is 18.1 Å². The highest BCUT2D eigenvalue weighted by atomic mass is 35.5. The molecule has 4 nitrogen and oxygen atoms in total. The minimum atomic E-state index is -0.778. The molecule has 1 fully saturated rings. The minimum absolute atomic E-state index is 0.264. The maximum Gasteiger partial charge on any atom is 0.315 e. The summed E-state index contributed by atoms with van der Waals surface area (Å²) in [6.07, 6.45) is 0.709. The Hall–Kier alpha value is -0.620. The lowest BCUT2D eigenvalue weighted by Crippen LogP contribution is -2.46. The van der Waals surface area contributed by atoms with Crippen molar-refractivity contribution in [2.24, 2.45) is 0 Å². The van der Waals surface area contributed by atoms with Crippen molar-refractivity contribution in [3.05, 3.63) is 33.8 Å². The molecule has 0 bridgehead atoms. The second-order valence-electron chi connectivity index (χ2n) is 4.80. The molecule has 110 valence electrons. The number of thioether (sulfide) groups is 1. The molecule has 2 amide bonds. The third-order valence-electron chi connectivity index (χ3n) is 3.12. The summed E-state index contributed by atoms with van der Waals surface area (Å²) in [6.45, 7) is 0.579. The van der Waals surface area contributed by atoms with Crippen molar-refractivity contribution < 1.29 is 9.90 Å². The summed E-state index contributed by atoms with van der Waals surface area (Å²) in [5.41, 5.74) is 0.0151. The van der Waals surface area contributed by atoms with E-state index in [0.29, 0.717) is 28.8 Å². The van der Waals surface area contributed by atoms with Crippen LogP contribution in [0.5, 0.6) is 0 Å². The number of carbonyl (C=O) groups is 1. The zero-order valence-corrected chi connectivity index (χ0v) is 13.1. The Bertz CT molecular complexity index is 493. The van der Waals surface area contributed by atoms with Gasteiger partial charge in [-0.2, -0.15) is 11.8 Å². The molecular formula is C13H16Cl2N2O2S. The number of hydrogen-bond donors (Lipinski definition) is 3. The SMILES string of the molecule is O=C(NCc1ccc(Cl)cc1Cl)NCC1(O)CCSC1. The summed E-state index contributed by atoms with van der Waals surface area (Å²) in [5.74, 6) is 1.59. The highest BCUT2D eigenvalue weighted by molar-refractivity contribution is 7.99. The average Bonchev–Trinajstić information content (AvgIpc) is 2.83. The number of carbonyl (C=O) groups excluding carboxylic acids is 1. The van der Waals surface area contributed by atoms with Gasteiger partial charge in [0.05, 0.1) is 5.60 Å². The van der Waals surface area contributed by atoms with Crippen LogP contribution in [-0.2, 0) is 6.54 Å². The minimum Gasteiger partial charge on any atom is -0.387 e. The first-order chi connectivity index (χ1) is 9.48. The molecule has 1 saturated heterocycles. The largest absolute Gasteiger partial charge is 0.387 e. The van der Waals surface area contributed by atoms with E-state index in [2.05, 4.69) is 10.6 Å². The monoisotopic (exact) mass is 334 g/mol. The Kier molecular flexibility index (Phi) is 5.43. The van der Waals surface area contributed by atoms with Crippen LogP contribution in [0.3, 0.4) is 0 Å². The van der Waals surface area contributed by atoms with Gasteiger partial charge in [-0.1, -0.05) is 29.3 Å². The molecular weight excluding hydrogens is 319 g/mol. The van der Waals surface area contributed by atoms with Gasteiger partial charge in [-0.25, -0.2) is 4.79 Å². The second kappa shape index (κ2) is 6.89. The van der Waals surface area contributed by atoms with E-state index in [9.17, 15) is 9.90 Å². The van der Waals surface area contributed by atoms with Gasteiger partial charge in [-0.3, -0.25) is 0 Å². The van der Waals surface area contributed by atoms with Gasteiger partial charge in [0.15, 0.2) is 0 Å². The summed E-state index contributed by atoms with van der Waals surface area (Å²) in [4.78, 5) is 11.7. The van der Waals surface area contributed by atoms with Gasteiger partial charge in [0.25, 0.3) is 0 Å². The van der Waals surface area contributed by atoms with Crippen LogP contribution in [0.25, 0.3) is 0 Å². The van der Waals surface area contributed by atoms with Gasteiger partial charge in [0.2, 0.25) is 0 Å². The van der Waals surface area contributed by atoms with E-state index in [1.54, 1.807) is 30.0 Å². The third kappa shape index (κ3) is 4.45. The van der Waals surface area contributed by atoms with E-state index >= 15 is 0 Å². The van der Waals surface area contributed by atoms with Gasteiger partial charge in [-0.15, -0.1) is 0 Å². The molecule has 0 saturated carbocycles. The first kappa shape index (κ1) is 15.8. The number of amides is 2. The second-order valence-corrected chi connectivity index (χ2v) is 6.75. The summed E-state index contributed by atoms with van der Waals surface area (Å²) in [7, 11) is 0. The van der Waals surface area contributed by atoms with Crippen molar-refractivity contribution >= 4 is 41.0 Å². The van der Waals surface area contributed by atoms with Crippen LogP contribution in [0.4, 0.5) is 4.79 Å². The fraction of sp³-hybridized carbons (Fsp3) is 0.462. The van der Waals surface area contributed by atoms with E-state index in [-0.39, 0.29) is 12.6 Å². The van der Waals surface area contributed by atoms with Crippen molar-refractivity contribution in [2.45, 2.75) is 18.6 Å². The van der Waals surface area contributed by atoms with Gasteiger partial charge >= 0.3 is 6.03 Å². The molecule has 0 aromatic heterocycles. The first-order valence-electron chi connectivity index (χ1n) is 6.24. The van der Waals surface area contributed by atoms with Crippen LogP contribution in [0.1, 0.15) is 12.0 Å². The normalized spacial score (nSPS) is 21.8. The Morgan fingerprint density at radius 2 is 2.20 bits per heavy atom. The van der Waals surface area contributed by atoms with Crippen molar-refractivity contribution in [3.63, 3.8) is 0 Å². The van der Waals surface area contributed by atoms with E-state index in [1.807, 2.05) is 0 Å². The molecule has 7 heteroatoms. The lowest BCUT2D eigenvalue weighted by molar-refractivity contribution is 0.0700. The summed E-state index contributed by atoms with van der Waals surface area (Å²) < 4.78 is 0. The number of hydrogen-bond acceptors (Lipinski definition) is 3. The topological polar surface area (TPSA) is 61.4 Å². The molecule has 2 rings (SSSR count). The number of halogens is 2. The third-order valence-corrected chi connectivity index (χ3v) is 4.94. The molecule has 0 spiro atoms. The lowest BCUT2D eigenvalue weighted by atomic mass is 10.0. The van der Waals surface area contributed by atoms with Crippen molar-refractivity contribution in [3.8, 4) is 0 Å². The quantitative estimate of drug-likeness (QED) is 0.793. The standard InChI is InChI=1S/C13H16Cl2N2O2S/c14-10-2-1-9(11(15)5-10)6-16-12(18)17-7-13(19)3-4-20-8-13/h1-2,5,19H,3-4,6-8H2,(H2,16,17,18).